The summed E-state index contributed by atoms with van der Waals surface area (Å²) in [7, 11) is 2.20. The molecular formula is C7H10NO2P. The highest BCUT2D eigenvalue weighted by Gasteiger charge is 2.05. The maximum Gasteiger partial charge on any atom is 0.0719 e. The van der Waals surface area contributed by atoms with Gasteiger partial charge in [-0.15, -0.1) is 0 Å². The van der Waals surface area contributed by atoms with Gasteiger partial charge >= 0.3 is 0 Å². The van der Waals surface area contributed by atoms with E-state index in [1.165, 1.54) is 11.8 Å². The van der Waals surface area contributed by atoms with Crippen molar-refractivity contribution in [1.82, 2.24) is 0 Å². The predicted octanol–water partition coefficient (Wildman–Crippen LogP) is 1.51. The Balaban J connectivity index is 2.39. The van der Waals surface area contributed by atoms with Gasteiger partial charge in [0.25, 0.3) is 0 Å². The predicted molar refractivity (Wildman–Crippen MR) is 46.7 cm³/mol. The lowest BCUT2D eigenvalue weighted by Gasteiger charge is -1.98. The third-order valence-electron chi connectivity index (χ3n) is 1.46. The Morgan fingerprint density at radius 2 is 2.55 bits per heavy atom. The molecule has 0 spiro atoms. The van der Waals surface area contributed by atoms with Crippen LogP contribution in [-0.4, -0.2) is 18.0 Å². The van der Waals surface area contributed by atoms with Crippen LogP contribution in [0.15, 0.2) is 28.5 Å². The molecule has 0 bridgehead atoms. The highest BCUT2D eigenvalue weighted by Crippen LogP contribution is 2.17. The van der Waals surface area contributed by atoms with Crippen LogP contribution in [0, 0.1) is 0 Å². The smallest absolute Gasteiger partial charge is 0.0719 e. The summed E-state index contributed by atoms with van der Waals surface area (Å²) in [6.45, 7) is 0.615. The molecule has 0 radical (unpaired) electrons. The molecule has 4 heteroatoms. The molecule has 1 N–H and O–H groups in total. The van der Waals surface area contributed by atoms with Crippen molar-refractivity contribution in [2.45, 2.75) is 6.42 Å². The van der Waals surface area contributed by atoms with E-state index in [1.54, 1.807) is 0 Å². The normalized spacial score (nSPS) is 17.2. The summed E-state index contributed by atoms with van der Waals surface area (Å²) in [5.41, 5.74) is 2.19. The van der Waals surface area contributed by atoms with Crippen LogP contribution in [-0.2, 0) is 4.52 Å². The Morgan fingerprint density at radius 3 is 3.18 bits per heavy atom. The lowest BCUT2D eigenvalue weighted by atomic mass is 10.2. The molecule has 0 aromatic rings. The van der Waals surface area contributed by atoms with Crippen molar-refractivity contribution >= 4 is 15.7 Å². The van der Waals surface area contributed by atoms with Crippen molar-refractivity contribution in [3.8, 4) is 0 Å². The number of oxime groups is 1. The van der Waals surface area contributed by atoms with Crippen LogP contribution in [0.4, 0.5) is 0 Å². The highest BCUT2D eigenvalue weighted by atomic mass is 31.0. The number of hydrogen-bond donors (Lipinski definition) is 1. The highest BCUT2D eigenvalue weighted by molar-refractivity contribution is 7.09. The van der Waals surface area contributed by atoms with Gasteiger partial charge in [0.2, 0.25) is 0 Å². The van der Waals surface area contributed by atoms with Crippen molar-refractivity contribution in [2.24, 2.45) is 5.16 Å². The lowest BCUT2D eigenvalue weighted by molar-refractivity contribution is 0.321. The molecule has 1 aliphatic rings. The van der Waals surface area contributed by atoms with Crippen molar-refractivity contribution in [3.63, 3.8) is 0 Å². The zero-order valence-electron chi connectivity index (χ0n) is 6.03. The van der Waals surface area contributed by atoms with Gasteiger partial charge in [-0.05, 0) is 17.6 Å². The molecule has 3 nitrogen and oxygen atoms in total. The van der Waals surface area contributed by atoms with Gasteiger partial charge < -0.3 is 9.73 Å². The first-order chi connectivity index (χ1) is 5.36. The number of nitrogens with zero attached hydrogens (tertiary/aromatic N) is 1. The first kappa shape index (κ1) is 8.44. The Morgan fingerprint density at radius 1 is 1.73 bits per heavy atom. The molecule has 1 unspecified atom stereocenters. The van der Waals surface area contributed by atoms with Gasteiger partial charge in [-0.3, -0.25) is 0 Å². The fraction of sp³-hybridized carbons (Fsp3) is 0.286. The average molecular weight is 171 g/mol. The first-order valence-corrected chi connectivity index (χ1v) is 3.71. The fourth-order valence-electron chi connectivity index (χ4n) is 0.974. The second-order valence-corrected chi connectivity index (χ2v) is 2.63. The van der Waals surface area contributed by atoms with Crippen LogP contribution in [0.25, 0.3) is 0 Å². The van der Waals surface area contributed by atoms with E-state index in [1.807, 2.05) is 12.2 Å². The van der Waals surface area contributed by atoms with Gasteiger partial charge in [0.05, 0.1) is 12.8 Å². The molecule has 0 saturated heterocycles. The third-order valence-corrected chi connectivity index (χ3v) is 1.62. The van der Waals surface area contributed by atoms with E-state index in [0.717, 1.165) is 12.0 Å². The van der Waals surface area contributed by atoms with E-state index in [0.29, 0.717) is 6.61 Å². The summed E-state index contributed by atoms with van der Waals surface area (Å²) in [4.78, 5) is 0. The van der Waals surface area contributed by atoms with E-state index < -0.39 is 0 Å². The number of allylic oxidation sites excluding steroid dienone is 3. The summed E-state index contributed by atoms with van der Waals surface area (Å²) >= 11 is 0. The Labute approximate surface area is 67.7 Å². The molecule has 0 aromatic carbocycles. The van der Waals surface area contributed by atoms with Crippen molar-refractivity contribution in [1.29, 1.82) is 0 Å². The third kappa shape index (κ3) is 2.45. The quantitative estimate of drug-likeness (QED) is 0.302. The van der Waals surface area contributed by atoms with Crippen LogP contribution >= 0.6 is 9.47 Å². The summed E-state index contributed by atoms with van der Waals surface area (Å²) in [6, 6.07) is 0. The van der Waals surface area contributed by atoms with Gasteiger partial charge in [-0.25, -0.2) is 0 Å². The zero-order chi connectivity index (χ0) is 8.10. The van der Waals surface area contributed by atoms with Gasteiger partial charge in [-0.2, -0.15) is 0 Å². The van der Waals surface area contributed by atoms with Crippen molar-refractivity contribution in [2.75, 3.05) is 6.61 Å². The molecule has 1 atom stereocenters. The van der Waals surface area contributed by atoms with Crippen molar-refractivity contribution in [3.05, 3.63) is 23.3 Å². The van der Waals surface area contributed by atoms with E-state index in [2.05, 4.69) is 14.6 Å². The molecule has 1 rings (SSSR count). The number of rotatable bonds is 3. The second kappa shape index (κ2) is 4.27. The molecule has 11 heavy (non-hydrogen) atoms. The minimum Gasteiger partial charge on any atom is -0.411 e. The molecule has 0 heterocycles. The van der Waals surface area contributed by atoms with Gasteiger partial charge in [0.15, 0.2) is 0 Å². The molecule has 0 fully saturated rings. The van der Waals surface area contributed by atoms with E-state index in [4.69, 9.17) is 9.73 Å². The van der Waals surface area contributed by atoms with Crippen LogP contribution in [0.1, 0.15) is 6.42 Å². The van der Waals surface area contributed by atoms with Crippen molar-refractivity contribution < 1.29 is 9.73 Å². The monoisotopic (exact) mass is 171 g/mol. The minimum atomic E-state index is 0.615. The SMILES string of the molecule is ON=CC1=CC=C(COP)C1. The van der Waals surface area contributed by atoms with Crippen LogP contribution in [0.2, 0.25) is 0 Å². The Hall–Kier alpha value is -0.660. The van der Waals surface area contributed by atoms with E-state index >= 15 is 0 Å². The maximum absolute atomic E-state index is 8.21. The maximum atomic E-state index is 8.21. The Kier molecular flexibility index (Phi) is 3.27. The summed E-state index contributed by atoms with van der Waals surface area (Å²) in [5, 5.41) is 11.2. The molecular weight excluding hydrogens is 161 g/mol. The average Bonchev–Trinajstić information content (AvgIpc) is 2.38. The zero-order valence-corrected chi connectivity index (χ0v) is 7.18. The van der Waals surface area contributed by atoms with Crippen LogP contribution in [0.5, 0.6) is 0 Å². The van der Waals surface area contributed by atoms with Gasteiger partial charge in [-0.1, -0.05) is 17.3 Å². The topological polar surface area (TPSA) is 41.8 Å². The van der Waals surface area contributed by atoms with E-state index in [-0.39, 0.29) is 0 Å². The lowest BCUT2D eigenvalue weighted by Crippen LogP contribution is -1.89. The first-order valence-electron chi connectivity index (χ1n) is 3.24. The summed E-state index contributed by atoms with van der Waals surface area (Å²) in [5.74, 6) is 0. The second-order valence-electron chi connectivity index (χ2n) is 2.30. The van der Waals surface area contributed by atoms with Crippen LogP contribution in [0.3, 0.4) is 0 Å². The van der Waals surface area contributed by atoms with E-state index in [9.17, 15) is 0 Å². The summed E-state index contributed by atoms with van der Waals surface area (Å²) < 4.78 is 4.86. The molecule has 0 aliphatic heterocycles. The number of hydrogen-bond acceptors (Lipinski definition) is 3. The molecule has 0 aromatic heterocycles. The molecule has 60 valence electrons. The largest absolute Gasteiger partial charge is 0.411 e. The Bertz CT molecular complexity index is 220. The van der Waals surface area contributed by atoms with Gasteiger partial charge in [0.1, 0.15) is 0 Å². The molecule has 0 amide bonds. The molecule has 0 saturated carbocycles. The van der Waals surface area contributed by atoms with Crippen LogP contribution < -0.4 is 0 Å². The minimum absolute atomic E-state index is 0.615. The fourth-order valence-corrected chi connectivity index (χ4v) is 1.19. The summed E-state index contributed by atoms with van der Waals surface area (Å²) in [6.07, 6.45) is 6.14. The molecule has 1 aliphatic carbocycles. The standard InChI is InChI=1S/C7H10NO2P/c9-8-4-6-1-2-7(3-6)5-10-11/h1-2,4,9H,3,5,11H2. The van der Waals surface area contributed by atoms with Gasteiger partial charge in [0, 0.05) is 9.47 Å².